The van der Waals surface area contributed by atoms with Crippen LogP contribution in [0.15, 0.2) is 53.6 Å². The first-order valence-electron chi connectivity index (χ1n) is 12.6. The largest absolute Gasteiger partial charge is 0.450 e. The van der Waals surface area contributed by atoms with E-state index in [9.17, 15) is 14.4 Å². The van der Waals surface area contributed by atoms with E-state index in [1.807, 2.05) is 43.0 Å². The number of para-hydroxylation sites is 1. The van der Waals surface area contributed by atoms with Gasteiger partial charge in [0.25, 0.3) is 5.91 Å². The summed E-state index contributed by atoms with van der Waals surface area (Å²) < 4.78 is 7.18. The fourth-order valence-electron chi connectivity index (χ4n) is 4.59. The van der Waals surface area contributed by atoms with Crippen LogP contribution in [0.5, 0.6) is 0 Å². The molecule has 4 rings (SSSR count). The Morgan fingerprint density at radius 1 is 0.973 bits per heavy atom. The first-order chi connectivity index (χ1) is 17.9. The molecular weight excluding hydrogens is 488 g/mol. The highest BCUT2D eigenvalue weighted by Gasteiger charge is 2.25. The van der Waals surface area contributed by atoms with Crippen molar-refractivity contribution in [3.05, 3.63) is 65.4 Å². The Morgan fingerprint density at radius 2 is 1.65 bits per heavy atom. The number of hydrogen-bond acceptors (Lipinski definition) is 5. The average molecular weight is 523 g/mol. The van der Waals surface area contributed by atoms with Gasteiger partial charge in [-0.05, 0) is 39.0 Å². The van der Waals surface area contributed by atoms with Crippen LogP contribution in [0.4, 0.5) is 4.79 Å². The molecule has 0 aliphatic carbocycles. The molecule has 0 spiro atoms. The monoisotopic (exact) mass is 522 g/mol. The predicted octanol–water partition coefficient (Wildman–Crippen LogP) is 4.08. The van der Waals surface area contributed by atoms with E-state index < -0.39 is 0 Å². The SMILES string of the molecule is CCOC(=O)N1CCN(C(=O)CSc2cn(CCNC(=O)c3cc(C)cc(C)c3)c3ccccc23)CC1. The molecule has 3 aromatic rings. The first kappa shape index (κ1) is 26.6. The van der Waals surface area contributed by atoms with Crippen LogP contribution in [-0.4, -0.2) is 77.4 Å². The Morgan fingerprint density at radius 3 is 2.35 bits per heavy atom. The van der Waals surface area contributed by atoms with Crippen molar-refractivity contribution in [2.24, 2.45) is 0 Å². The van der Waals surface area contributed by atoms with Crippen molar-refractivity contribution in [1.82, 2.24) is 19.7 Å². The van der Waals surface area contributed by atoms with Gasteiger partial charge >= 0.3 is 6.09 Å². The number of nitrogens with one attached hydrogen (secondary N) is 1. The molecule has 37 heavy (non-hydrogen) atoms. The van der Waals surface area contributed by atoms with Crippen molar-refractivity contribution in [3.8, 4) is 0 Å². The van der Waals surface area contributed by atoms with E-state index in [1.54, 1.807) is 11.8 Å². The number of thioether (sulfide) groups is 1. The highest BCUT2D eigenvalue weighted by atomic mass is 32.2. The molecule has 196 valence electrons. The summed E-state index contributed by atoms with van der Waals surface area (Å²) in [6.07, 6.45) is 1.74. The molecule has 3 amide bonds. The minimum absolute atomic E-state index is 0.0612. The van der Waals surface area contributed by atoms with Gasteiger partial charge in [-0.1, -0.05) is 35.4 Å². The first-order valence-corrected chi connectivity index (χ1v) is 13.6. The lowest BCUT2D eigenvalue weighted by Crippen LogP contribution is -2.51. The van der Waals surface area contributed by atoms with Crippen molar-refractivity contribution in [1.29, 1.82) is 0 Å². The second-order valence-electron chi connectivity index (χ2n) is 9.19. The minimum atomic E-state index is -0.318. The van der Waals surface area contributed by atoms with Crippen LogP contribution in [0, 0.1) is 13.8 Å². The summed E-state index contributed by atoms with van der Waals surface area (Å²) >= 11 is 1.52. The zero-order valence-electron chi connectivity index (χ0n) is 21.7. The van der Waals surface area contributed by atoms with Crippen molar-refractivity contribution < 1.29 is 19.1 Å². The predicted molar refractivity (Wildman–Crippen MR) is 146 cm³/mol. The molecule has 9 heteroatoms. The van der Waals surface area contributed by atoms with E-state index >= 15 is 0 Å². The minimum Gasteiger partial charge on any atom is -0.450 e. The van der Waals surface area contributed by atoms with Gasteiger partial charge in [-0.25, -0.2) is 4.79 Å². The lowest BCUT2D eigenvalue weighted by atomic mass is 10.1. The second-order valence-corrected chi connectivity index (χ2v) is 10.2. The highest BCUT2D eigenvalue weighted by molar-refractivity contribution is 8.00. The smallest absolute Gasteiger partial charge is 0.409 e. The molecule has 0 radical (unpaired) electrons. The van der Waals surface area contributed by atoms with Crippen molar-refractivity contribution >= 4 is 40.6 Å². The molecule has 8 nitrogen and oxygen atoms in total. The Balaban J connectivity index is 1.33. The molecule has 1 aromatic heterocycles. The van der Waals surface area contributed by atoms with Gasteiger partial charge in [0.1, 0.15) is 0 Å². The van der Waals surface area contributed by atoms with E-state index in [2.05, 4.69) is 34.3 Å². The molecule has 1 aliphatic rings. The fourth-order valence-corrected chi connectivity index (χ4v) is 5.59. The summed E-state index contributed by atoms with van der Waals surface area (Å²) in [7, 11) is 0. The van der Waals surface area contributed by atoms with Gasteiger partial charge in [0.05, 0.1) is 12.4 Å². The third-order valence-corrected chi connectivity index (χ3v) is 7.41. The molecule has 1 saturated heterocycles. The molecule has 2 aromatic carbocycles. The number of carbonyl (C=O) groups is 3. The molecule has 0 unspecified atom stereocenters. The molecule has 1 aliphatic heterocycles. The summed E-state index contributed by atoms with van der Waals surface area (Å²) in [5.41, 5.74) is 3.88. The van der Waals surface area contributed by atoms with Crippen LogP contribution in [0.2, 0.25) is 0 Å². The normalized spacial score (nSPS) is 13.6. The fraction of sp³-hybridized carbons (Fsp3) is 0.393. The van der Waals surface area contributed by atoms with Crippen LogP contribution in [0.1, 0.15) is 28.4 Å². The lowest BCUT2D eigenvalue weighted by molar-refractivity contribution is -0.129. The zero-order valence-corrected chi connectivity index (χ0v) is 22.5. The topological polar surface area (TPSA) is 83.9 Å². The molecule has 0 bridgehead atoms. The summed E-state index contributed by atoms with van der Waals surface area (Å²) in [6, 6.07) is 14.0. The number of aryl methyl sites for hydroxylation is 2. The van der Waals surface area contributed by atoms with Crippen LogP contribution in [0.25, 0.3) is 10.9 Å². The number of aromatic nitrogens is 1. The van der Waals surface area contributed by atoms with Gasteiger partial charge in [-0.3, -0.25) is 9.59 Å². The number of hydrogen-bond donors (Lipinski definition) is 1. The number of piperazine rings is 1. The number of benzene rings is 2. The van der Waals surface area contributed by atoms with E-state index in [4.69, 9.17) is 4.74 Å². The third-order valence-electron chi connectivity index (χ3n) is 6.38. The van der Waals surface area contributed by atoms with Crippen molar-refractivity contribution in [2.75, 3.05) is 45.1 Å². The lowest BCUT2D eigenvalue weighted by Gasteiger charge is -2.34. The Kier molecular flexibility index (Phi) is 8.76. The molecular formula is C28H34N4O4S. The molecule has 1 fully saturated rings. The number of ether oxygens (including phenoxy) is 1. The molecule has 1 N–H and O–H groups in total. The molecule has 0 atom stereocenters. The van der Waals surface area contributed by atoms with E-state index in [-0.39, 0.29) is 17.9 Å². The molecule has 0 saturated carbocycles. The third kappa shape index (κ3) is 6.65. The number of fused-ring (bicyclic) bond motifs is 1. The average Bonchev–Trinajstić information content (AvgIpc) is 3.24. The summed E-state index contributed by atoms with van der Waals surface area (Å²) in [6.45, 7) is 9.24. The van der Waals surface area contributed by atoms with E-state index in [1.165, 1.54) is 11.8 Å². The van der Waals surface area contributed by atoms with Crippen LogP contribution >= 0.6 is 11.8 Å². The maximum Gasteiger partial charge on any atom is 0.409 e. The Bertz CT molecular complexity index is 1260. The van der Waals surface area contributed by atoms with Gasteiger partial charge in [0.2, 0.25) is 5.91 Å². The number of rotatable bonds is 8. The van der Waals surface area contributed by atoms with Crippen LogP contribution in [0.3, 0.4) is 0 Å². The highest BCUT2D eigenvalue weighted by Crippen LogP contribution is 2.30. The summed E-state index contributed by atoms with van der Waals surface area (Å²) in [4.78, 5) is 41.9. The van der Waals surface area contributed by atoms with E-state index in [0.29, 0.717) is 57.2 Å². The van der Waals surface area contributed by atoms with Gasteiger partial charge in [-0.15, -0.1) is 11.8 Å². The van der Waals surface area contributed by atoms with Crippen molar-refractivity contribution in [3.63, 3.8) is 0 Å². The van der Waals surface area contributed by atoms with Gasteiger partial charge in [0.15, 0.2) is 0 Å². The number of nitrogens with zero attached hydrogens (tertiary/aromatic N) is 3. The van der Waals surface area contributed by atoms with E-state index in [0.717, 1.165) is 26.9 Å². The maximum atomic E-state index is 12.9. The quantitative estimate of drug-likeness (QED) is 0.451. The Labute approximate surface area is 221 Å². The van der Waals surface area contributed by atoms with Gasteiger partial charge < -0.3 is 24.4 Å². The second kappa shape index (κ2) is 12.2. The standard InChI is InChI=1S/C28H34N4O4S/c1-4-36-28(35)31-13-11-30(12-14-31)26(33)19-37-25-18-32(24-8-6-5-7-23(24)25)10-9-29-27(34)22-16-20(2)15-21(3)17-22/h5-8,15-18H,4,9-14,19H2,1-3H3,(H,29,34). The van der Waals surface area contributed by atoms with Crippen LogP contribution in [-0.2, 0) is 16.1 Å². The molecule has 2 heterocycles. The maximum absolute atomic E-state index is 12.9. The number of amides is 3. The summed E-state index contributed by atoms with van der Waals surface area (Å²) in [5, 5.41) is 4.11. The summed E-state index contributed by atoms with van der Waals surface area (Å²) in [5.74, 6) is 0.314. The number of carbonyl (C=O) groups excluding carboxylic acids is 3. The zero-order chi connectivity index (χ0) is 26.4. The van der Waals surface area contributed by atoms with Crippen molar-refractivity contribution in [2.45, 2.75) is 32.2 Å². The van der Waals surface area contributed by atoms with Gasteiger partial charge in [-0.2, -0.15) is 0 Å². The van der Waals surface area contributed by atoms with Crippen LogP contribution < -0.4 is 5.32 Å². The van der Waals surface area contributed by atoms with Gasteiger partial charge in [0, 0.05) is 66.8 Å². The Hall–Kier alpha value is -3.46.